The topological polar surface area (TPSA) is 112 Å². The first kappa shape index (κ1) is 23.1. The van der Waals surface area contributed by atoms with Gasteiger partial charge in [0.25, 0.3) is 5.91 Å². The monoisotopic (exact) mass is 513 g/mol. The van der Waals surface area contributed by atoms with Crippen LogP contribution in [0.5, 0.6) is 0 Å². The Balaban J connectivity index is 1.27. The average Bonchev–Trinajstić information content (AvgIpc) is 3.51. The lowest BCUT2D eigenvalue weighted by molar-refractivity contribution is -0.124. The van der Waals surface area contributed by atoms with E-state index in [4.69, 9.17) is 16.6 Å². The van der Waals surface area contributed by atoms with Gasteiger partial charge in [-0.3, -0.25) is 14.9 Å². The largest absolute Gasteiger partial charge is 0.382 e. The maximum absolute atomic E-state index is 12.0. The predicted octanol–water partition coefficient (Wildman–Crippen LogP) is 4.74. The van der Waals surface area contributed by atoms with Crippen LogP contribution in [0.15, 0.2) is 66.5 Å². The number of halogens is 1. The summed E-state index contributed by atoms with van der Waals surface area (Å²) in [6.45, 7) is 0.597. The highest BCUT2D eigenvalue weighted by atomic mass is 35.5. The highest BCUT2D eigenvalue weighted by molar-refractivity contribution is 6.31. The van der Waals surface area contributed by atoms with Crippen molar-refractivity contribution < 1.29 is 9.59 Å². The van der Waals surface area contributed by atoms with E-state index in [0.717, 1.165) is 27.6 Å². The SMILES string of the molecule is O=C1C/C(=C/c2cnn3ccc(Nc4cc(NCc5ccccc5Cl)cc(NC5CC5)c4)nc23)C(=O)N1. The molecule has 1 aliphatic carbocycles. The number of carbonyl (C=O) groups is 2. The number of imide groups is 1. The summed E-state index contributed by atoms with van der Waals surface area (Å²) < 4.78 is 1.63. The van der Waals surface area contributed by atoms with Crippen LogP contribution in [0.4, 0.5) is 22.9 Å². The molecule has 2 aliphatic rings. The summed E-state index contributed by atoms with van der Waals surface area (Å²) in [5.41, 5.74) is 5.48. The molecular weight excluding hydrogens is 490 g/mol. The summed E-state index contributed by atoms with van der Waals surface area (Å²) in [7, 11) is 0. The van der Waals surface area contributed by atoms with E-state index in [2.05, 4.69) is 38.5 Å². The van der Waals surface area contributed by atoms with E-state index in [-0.39, 0.29) is 18.2 Å². The Bertz CT molecular complexity index is 1560. The molecule has 9 nitrogen and oxygen atoms in total. The van der Waals surface area contributed by atoms with E-state index in [1.54, 1.807) is 23.0 Å². The number of hydrogen-bond acceptors (Lipinski definition) is 7. The molecule has 186 valence electrons. The van der Waals surface area contributed by atoms with E-state index in [0.29, 0.717) is 35.2 Å². The molecule has 6 rings (SSSR count). The number of nitrogens with one attached hydrogen (secondary N) is 4. The molecule has 37 heavy (non-hydrogen) atoms. The van der Waals surface area contributed by atoms with Crippen LogP contribution in [0.25, 0.3) is 11.7 Å². The van der Waals surface area contributed by atoms with Gasteiger partial charge in [0.1, 0.15) is 5.82 Å². The molecule has 1 saturated carbocycles. The quantitative estimate of drug-likeness (QED) is 0.199. The third-order valence-corrected chi connectivity index (χ3v) is 6.58. The molecule has 0 unspecified atom stereocenters. The molecule has 2 amide bonds. The van der Waals surface area contributed by atoms with Crippen LogP contribution in [0.2, 0.25) is 5.02 Å². The molecule has 1 aliphatic heterocycles. The lowest BCUT2D eigenvalue weighted by atomic mass is 10.1. The second kappa shape index (κ2) is 9.59. The molecule has 2 aromatic heterocycles. The van der Waals surface area contributed by atoms with Crippen molar-refractivity contribution in [1.29, 1.82) is 0 Å². The number of rotatable bonds is 8. The Hall–Kier alpha value is -4.37. The molecule has 0 atom stereocenters. The van der Waals surface area contributed by atoms with Crippen molar-refractivity contribution in [1.82, 2.24) is 19.9 Å². The van der Waals surface area contributed by atoms with Crippen molar-refractivity contribution in [2.24, 2.45) is 0 Å². The zero-order valence-corrected chi connectivity index (χ0v) is 20.5. The van der Waals surface area contributed by atoms with Crippen molar-refractivity contribution in [3.63, 3.8) is 0 Å². The minimum Gasteiger partial charge on any atom is -0.382 e. The Kier molecular flexibility index (Phi) is 5.97. The Morgan fingerprint density at radius 2 is 1.89 bits per heavy atom. The lowest BCUT2D eigenvalue weighted by Crippen LogP contribution is -2.19. The Morgan fingerprint density at radius 1 is 1.08 bits per heavy atom. The first-order chi connectivity index (χ1) is 18.0. The molecule has 1 saturated heterocycles. The minimum atomic E-state index is -0.379. The molecule has 0 bridgehead atoms. The van der Waals surface area contributed by atoms with Crippen LogP contribution in [0.1, 0.15) is 30.4 Å². The summed E-state index contributed by atoms with van der Waals surface area (Å²) in [5, 5.41) is 17.8. The van der Waals surface area contributed by atoms with E-state index in [1.165, 1.54) is 12.8 Å². The van der Waals surface area contributed by atoms with Gasteiger partial charge in [-0.15, -0.1) is 0 Å². The summed E-state index contributed by atoms with van der Waals surface area (Å²) in [5.74, 6) is -0.0580. The van der Waals surface area contributed by atoms with Crippen molar-refractivity contribution in [3.8, 4) is 0 Å². The number of hydrogen-bond donors (Lipinski definition) is 4. The first-order valence-electron chi connectivity index (χ1n) is 12.1. The fourth-order valence-electron chi connectivity index (χ4n) is 4.20. The second-order valence-electron chi connectivity index (χ2n) is 9.19. The lowest BCUT2D eigenvalue weighted by Gasteiger charge is -2.15. The van der Waals surface area contributed by atoms with Gasteiger partial charge in [-0.25, -0.2) is 9.50 Å². The third-order valence-electron chi connectivity index (χ3n) is 6.22. The maximum atomic E-state index is 12.0. The number of amides is 2. The summed E-state index contributed by atoms with van der Waals surface area (Å²) in [6, 6.07) is 16.3. The molecule has 4 aromatic rings. The van der Waals surface area contributed by atoms with Crippen molar-refractivity contribution in [2.45, 2.75) is 31.8 Å². The van der Waals surface area contributed by atoms with Gasteiger partial charge < -0.3 is 16.0 Å². The van der Waals surface area contributed by atoms with E-state index in [9.17, 15) is 9.59 Å². The van der Waals surface area contributed by atoms with Crippen LogP contribution in [0, 0.1) is 0 Å². The number of carbonyl (C=O) groups excluding carboxylic acids is 2. The molecule has 0 spiro atoms. The van der Waals surface area contributed by atoms with E-state index in [1.807, 2.05) is 36.4 Å². The van der Waals surface area contributed by atoms with Gasteiger partial charge in [-0.2, -0.15) is 5.10 Å². The normalized spacial score (nSPS) is 16.3. The fourth-order valence-corrected chi connectivity index (χ4v) is 4.40. The standard InChI is InChI=1S/C27H24ClN7O2/c28-23-4-2-1-3-16(23)14-29-20-11-21(31-19-5-6-19)13-22(12-20)32-24-7-8-35-26(33-24)18(15-30-35)9-17-10-25(36)34-27(17)37/h1-4,7-9,11-13,15,19,29,31H,5-6,10,14H2,(H,32,33)(H,34,36,37)/b17-9-. The van der Waals surface area contributed by atoms with Crippen LogP contribution in [0.3, 0.4) is 0 Å². The van der Waals surface area contributed by atoms with Gasteiger partial charge >= 0.3 is 0 Å². The van der Waals surface area contributed by atoms with Crippen molar-refractivity contribution >= 4 is 58.0 Å². The van der Waals surface area contributed by atoms with Crippen molar-refractivity contribution in [2.75, 3.05) is 16.0 Å². The van der Waals surface area contributed by atoms with E-state index < -0.39 is 0 Å². The molecule has 10 heteroatoms. The van der Waals surface area contributed by atoms with Gasteiger partial charge in [0.2, 0.25) is 5.91 Å². The first-order valence-corrected chi connectivity index (χ1v) is 12.4. The number of fused-ring (bicyclic) bond motifs is 1. The highest BCUT2D eigenvalue weighted by Gasteiger charge is 2.24. The molecule has 2 fully saturated rings. The van der Waals surface area contributed by atoms with Gasteiger partial charge in [0.05, 0.1) is 12.6 Å². The van der Waals surface area contributed by atoms with Gasteiger partial charge in [0.15, 0.2) is 5.65 Å². The zero-order valence-electron chi connectivity index (χ0n) is 19.8. The number of anilines is 4. The van der Waals surface area contributed by atoms with Crippen LogP contribution in [-0.2, 0) is 16.1 Å². The average molecular weight is 514 g/mol. The highest BCUT2D eigenvalue weighted by Crippen LogP contribution is 2.31. The third kappa shape index (κ3) is 5.26. The minimum absolute atomic E-state index is 0.0544. The van der Waals surface area contributed by atoms with Gasteiger partial charge in [-0.05, 0) is 54.8 Å². The van der Waals surface area contributed by atoms with Crippen LogP contribution >= 0.6 is 11.6 Å². The summed E-state index contributed by atoms with van der Waals surface area (Å²) in [4.78, 5) is 28.3. The molecule has 3 heterocycles. The van der Waals surface area contributed by atoms with E-state index >= 15 is 0 Å². The second-order valence-corrected chi connectivity index (χ2v) is 9.60. The number of aromatic nitrogens is 3. The van der Waals surface area contributed by atoms with Crippen molar-refractivity contribution in [3.05, 3.63) is 82.6 Å². The van der Waals surface area contributed by atoms with Gasteiger partial charge in [0, 0.05) is 52.0 Å². The molecular formula is C27H24ClN7O2. The predicted molar refractivity (Wildman–Crippen MR) is 144 cm³/mol. The molecule has 0 radical (unpaired) electrons. The van der Waals surface area contributed by atoms with Crippen LogP contribution < -0.4 is 21.3 Å². The smallest absolute Gasteiger partial charge is 0.254 e. The molecule has 4 N–H and O–H groups in total. The van der Waals surface area contributed by atoms with Crippen LogP contribution in [-0.4, -0.2) is 32.5 Å². The fraction of sp³-hybridized carbons (Fsp3) is 0.185. The summed E-state index contributed by atoms with van der Waals surface area (Å²) in [6.07, 6.45) is 7.49. The summed E-state index contributed by atoms with van der Waals surface area (Å²) >= 11 is 6.33. The van der Waals surface area contributed by atoms with Gasteiger partial charge in [-0.1, -0.05) is 29.8 Å². The Labute approximate surface area is 217 Å². The number of benzene rings is 2. The molecule has 2 aromatic carbocycles. The maximum Gasteiger partial charge on any atom is 0.254 e. The Morgan fingerprint density at radius 3 is 2.68 bits per heavy atom. The number of nitrogens with zero attached hydrogens (tertiary/aromatic N) is 3. The zero-order chi connectivity index (χ0) is 25.4.